The van der Waals surface area contributed by atoms with Gasteiger partial charge in [0.1, 0.15) is 0 Å². The van der Waals surface area contributed by atoms with Crippen molar-refractivity contribution in [2.45, 2.75) is 36.5 Å². The fourth-order valence-corrected chi connectivity index (χ4v) is 8.01. The Morgan fingerprint density at radius 1 is 1.04 bits per heavy atom. The standard InChI is InChI=1S/C19H20BrNO4S2/c1-3-4-13-21(27(24,25)15-11-9-14(2)10-12-15)19-18(20)16-7-5-6-8-17(16)26(19,22)23/h5-12H,3-4,13H2,1-2H3. The van der Waals surface area contributed by atoms with Crippen LogP contribution in [-0.2, 0) is 19.9 Å². The van der Waals surface area contributed by atoms with Gasteiger partial charge in [-0.3, -0.25) is 4.31 Å². The quantitative estimate of drug-likeness (QED) is 0.632. The average molecular weight is 470 g/mol. The van der Waals surface area contributed by atoms with E-state index in [-0.39, 0.29) is 25.8 Å². The van der Waals surface area contributed by atoms with Crippen molar-refractivity contribution in [3.63, 3.8) is 0 Å². The van der Waals surface area contributed by atoms with Gasteiger partial charge in [0, 0.05) is 12.1 Å². The topological polar surface area (TPSA) is 71.5 Å². The van der Waals surface area contributed by atoms with E-state index in [9.17, 15) is 16.8 Å². The van der Waals surface area contributed by atoms with E-state index < -0.39 is 19.9 Å². The Labute approximate surface area is 168 Å². The van der Waals surface area contributed by atoms with E-state index in [1.54, 1.807) is 30.3 Å². The Kier molecular flexibility index (Phi) is 5.52. The zero-order valence-corrected chi connectivity index (χ0v) is 18.2. The van der Waals surface area contributed by atoms with E-state index in [0.29, 0.717) is 12.0 Å². The summed E-state index contributed by atoms with van der Waals surface area (Å²) in [4.78, 5) is 0.190. The number of fused-ring (bicyclic) bond motifs is 1. The lowest BCUT2D eigenvalue weighted by Gasteiger charge is -2.25. The summed E-state index contributed by atoms with van der Waals surface area (Å²) in [6.07, 6.45) is 1.28. The van der Waals surface area contributed by atoms with Crippen LogP contribution in [0.5, 0.6) is 0 Å². The van der Waals surface area contributed by atoms with Crippen molar-refractivity contribution in [1.29, 1.82) is 0 Å². The van der Waals surface area contributed by atoms with Crippen LogP contribution in [0.3, 0.4) is 0 Å². The molecule has 2 aromatic carbocycles. The molecule has 0 N–H and O–H groups in total. The molecule has 0 spiro atoms. The molecule has 0 aliphatic carbocycles. The van der Waals surface area contributed by atoms with Crippen molar-refractivity contribution in [3.8, 4) is 0 Å². The molecule has 1 aliphatic rings. The lowest BCUT2D eigenvalue weighted by Crippen LogP contribution is -2.34. The highest BCUT2D eigenvalue weighted by Gasteiger charge is 2.42. The molecule has 0 radical (unpaired) electrons. The minimum Gasteiger partial charge on any atom is -0.254 e. The molecule has 0 unspecified atom stereocenters. The molecule has 0 amide bonds. The van der Waals surface area contributed by atoms with Crippen molar-refractivity contribution in [1.82, 2.24) is 4.31 Å². The zero-order chi connectivity index (χ0) is 19.8. The van der Waals surface area contributed by atoms with Crippen LogP contribution in [0.4, 0.5) is 0 Å². The summed E-state index contributed by atoms with van der Waals surface area (Å²) in [5.41, 5.74) is 1.41. The lowest BCUT2D eigenvalue weighted by atomic mass is 10.2. The Balaban J connectivity index is 2.20. The number of hydrogen-bond acceptors (Lipinski definition) is 4. The van der Waals surface area contributed by atoms with E-state index in [1.165, 1.54) is 18.2 Å². The SMILES string of the molecule is CCCCN(C1=C(Br)c2ccccc2S1(=O)=O)S(=O)(=O)c1ccc(C)cc1. The van der Waals surface area contributed by atoms with Gasteiger partial charge in [0.2, 0.25) is 9.84 Å². The Bertz CT molecular complexity index is 1100. The summed E-state index contributed by atoms with van der Waals surface area (Å²) in [6.45, 7) is 3.88. The van der Waals surface area contributed by atoms with Crippen LogP contribution in [0.25, 0.3) is 4.48 Å². The molecule has 0 saturated heterocycles. The number of aryl methyl sites for hydroxylation is 1. The number of sulfonamides is 1. The molecule has 0 aromatic heterocycles. The highest BCUT2D eigenvalue weighted by atomic mass is 79.9. The maximum absolute atomic E-state index is 13.3. The van der Waals surface area contributed by atoms with E-state index >= 15 is 0 Å². The number of benzene rings is 2. The first-order valence-corrected chi connectivity index (χ1v) is 12.3. The third kappa shape index (κ3) is 3.46. The molecule has 0 bridgehead atoms. The molecule has 2 aromatic rings. The van der Waals surface area contributed by atoms with E-state index in [1.807, 2.05) is 13.8 Å². The first-order chi connectivity index (χ1) is 12.7. The Morgan fingerprint density at radius 2 is 1.67 bits per heavy atom. The van der Waals surface area contributed by atoms with Crippen LogP contribution in [-0.4, -0.2) is 27.7 Å². The van der Waals surface area contributed by atoms with Gasteiger partial charge in [-0.05, 0) is 47.5 Å². The average Bonchev–Trinajstić information content (AvgIpc) is 2.83. The molecule has 5 nitrogen and oxygen atoms in total. The van der Waals surface area contributed by atoms with E-state index in [2.05, 4.69) is 15.9 Å². The number of hydrogen-bond donors (Lipinski definition) is 0. The van der Waals surface area contributed by atoms with Gasteiger partial charge >= 0.3 is 0 Å². The molecule has 0 atom stereocenters. The summed E-state index contributed by atoms with van der Waals surface area (Å²) in [6, 6.07) is 12.9. The molecule has 1 heterocycles. The van der Waals surface area contributed by atoms with Crippen molar-refractivity contribution >= 4 is 40.3 Å². The first kappa shape index (κ1) is 20.1. The van der Waals surface area contributed by atoms with Gasteiger partial charge in [-0.2, -0.15) is 0 Å². The first-order valence-electron chi connectivity index (χ1n) is 8.55. The van der Waals surface area contributed by atoms with Crippen molar-refractivity contribution in [3.05, 3.63) is 64.7 Å². The molecule has 8 heteroatoms. The summed E-state index contributed by atoms with van der Waals surface area (Å²) in [7, 11) is -7.97. The Morgan fingerprint density at radius 3 is 2.26 bits per heavy atom. The summed E-state index contributed by atoms with van der Waals surface area (Å²) < 4.78 is 54.2. The van der Waals surface area contributed by atoms with Crippen molar-refractivity contribution in [2.24, 2.45) is 0 Å². The predicted octanol–water partition coefficient (Wildman–Crippen LogP) is 4.29. The van der Waals surface area contributed by atoms with Crippen LogP contribution < -0.4 is 0 Å². The zero-order valence-electron chi connectivity index (χ0n) is 15.0. The van der Waals surface area contributed by atoms with E-state index in [0.717, 1.165) is 16.3 Å². The highest BCUT2D eigenvalue weighted by Crippen LogP contribution is 2.45. The van der Waals surface area contributed by atoms with E-state index in [4.69, 9.17) is 0 Å². The molecular formula is C19H20BrNO4S2. The van der Waals surface area contributed by atoms with Crippen LogP contribution in [0.1, 0.15) is 30.9 Å². The second kappa shape index (κ2) is 7.41. The summed E-state index contributed by atoms with van der Waals surface area (Å²) in [5, 5.41) is -0.210. The molecule has 0 saturated carbocycles. The van der Waals surface area contributed by atoms with Gasteiger partial charge in [0.15, 0.2) is 5.03 Å². The molecular weight excluding hydrogens is 450 g/mol. The fourth-order valence-electron chi connectivity index (χ4n) is 2.93. The maximum Gasteiger partial charge on any atom is 0.264 e. The van der Waals surface area contributed by atoms with Gasteiger partial charge in [0.25, 0.3) is 10.0 Å². The summed E-state index contributed by atoms with van der Waals surface area (Å²) in [5.74, 6) is 0. The normalized spacial score (nSPS) is 15.7. The van der Waals surface area contributed by atoms with Gasteiger partial charge in [-0.15, -0.1) is 0 Å². The van der Waals surface area contributed by atoms with Gasteiger partial charge in [0.05, 0.1) is 14.3 Å². The minimum absolute atomic E-state index is 0.0724. The number of sulfone groups is 1. The van der Waals surface area contributed by atoms with Crippen LogP contribution in [0, 0.1) is 6.92 Å². The molecule has 3 rings (SSSR count). The fraction of sp³-hybridized carbons (Fsp3) is 0.263. The molecule has 144 valence electrons. The van der Waals surface area contributed by atoms with Crippen LogP contribution >= 0.6 is 15.9 Å². The predicted molar refractivity (Wildman–Crippen MR) is 109 cm³/mol. The van der Waals surface area contributed by atoms with Crippen molar-refractivity contribution in [2.75, 3.05) is 6.54 Å². The van der Waals surface area contributed by atoms with Crippen molar-refractivity contribution < 1.29 is 16.8 Å². The summed E-state index contributed by atoms with van der Waals surface area (Å²) >= 11 is 3.34. The number of unbranched alkanes of at least 4 members (excludes halogenated alkanes) is 1. The largest absolute Gasteiger partial charge is 0.264 e. The van der Waals surface area contributed by atoms with Gasteiger partial charge in [-0.25, -0.2) is 16.8 Å². The third-order valence-electron chi connectivity index (χ3n) is 4.41. The van der Waals surface area contributed by atoms with Crippen LogP contribution in [0.15, 0.2) is 63.4 Å². The monoisotopic (exact) mass is 469 g/mol. The van der Waals surface area contributed by atoms with Crippen LogP contribution in [0.2, 0.25) is 0 Å². The van der Waals surface area contributed by atoms with Gasteiger partial charge in [-0.1, -0.05) is 49.2 Å². The maximum atomic E-state index is 13.3. The molecule has 27 heavy (non-hydrogen) atoms. The number of halogens is 1. The Hall–Kier alpha value is -1.64. The second-order valence-electron chi connectivity index (χ2n) is 6.36. The lowest BCUT2D eigenvalue weighted by molar-refractivity contribution is 0.475. The second-order valence-corrected chi connectivity index (χ2v) is 10.9. The van der Waals surface area contributed by atoms with Gasteiger partial charge < -0.3 is 0 Å². The molecule has 1 aliphatic heterocycles. The number of nitrogens with zero attached hydrogens (tertiary/aromatic N) is 1. The number of rotatable bonds is 6. The smallest absolute Gasteiger partial charge is 0.254 e. The third-order valence-corrected chi connectivity index (χ3v) is 9.27. The molecule has 0 fully saturated rings. The minimum atomic E-state index is -4.03. The highest BCUT2D eigenvalue weighted by molar-refractivity contribution is 9.15.